The quantitative estimate of drug-likeness (QED) is 0.836. The van der Waals surface area contributed by atoms with Crippen LogP contribution in [0, 0.1) is 0 Å². The van der Waals surface area contributed by atoms with Gasteiger partial charge in [0.15, 0.2) is 0 Å². The van der Waals surface area contributed by atoms with Gasteiger partial charge in [-0.05, 0) is 25.3 Å². The van der Waals surface area contributed by atoms with Gasteiger partial charge in [0, 0.05) is 37.5 Å². The lowest BCUT2D eigenvalue weighted by Crippen LogP contribution is -2.37. The molecule has 0 amide bonds. The van der Waals surface area contributed by atoms with Crippen molar-refractivity contribution in [2.75, 3.05) is 37.8 Å². The van der Waals surface area contributed by atoms with Gasteiger partial charge in [-0.3, -0.25) is 0 Å². The van der Waals surface area contributed by atoms with E-state index in [-0.39, 0.29) is 0 Å². The smallest absolute Gasteiger partial charge is 0.225 e. The molecule has 1 unspecified atom stereocenters. The fourth-order valence-electron chi connectivity index (χ4n) is 2.77. The average molecular weight is 277 g/mol. The van der Waals surface area contributed by atoms with Crippen molar-refractivity contribution in [1.82, 2.24) is 9.97 Å². The Morgan fingerprint density at radius 2 is 2.00 bits per heavy atom. The van der Waals surface area contributed by atoms with E-state index in [0.29, 0.717) is 6.10 Å². The molecule has 0 saturated carbocycles. The first-order chi connectivity index (χ1) is 9.85. The number of ether oxygens (including phenoxy) is 2. The van der Waals surface area contributed by atoms with E-state index >= 15 is 0 Å². The van der Waals surface area contributed by atoms with Crippen molar-refractivity contribution in [1.29, 1.82) is 0 Å². The van der Waals surface area contributed by atoms with Gasteiger partial charge in [0.25, 0.3) is 0 Å². The molecule has 1 aromatic heterocycles. The molecule has 2 fully saturated rings. The topological polar surface area (TPSA) is 47.5 Å². The minimum Gasteiger partial charge on any atom is -0.378 e. The summed E-state index contributed by atoms with van der Waals surface area (Å²) < 4.78 is 11.1. The fourth-order valence-corrected chi connectivity index (χ4v) is 2.77. The summed E-state index contributed by atoms with van der Waals surface area (Å²) in [5, 5.41) is 0. The van der Waals surface area contributed by atoms with Crippen molar-refractivity contribution in [3.05, 3.63) is 17.5 Å². The largest absolute Gasteiger partial charge is 0.378 e. The number of morpholine rings is 1. The van der Waals surface area contributed by atoms with E-state index in [2.05, 4.69) is 22.9 Å². The first-order valence-corrected chi connectivity index (χ1v) is 7.66. The van der Waals surface area contributed by atoms with Crippen LogP contribution >= 0.6 is 0 Å². The van der Waals surface area contributed by atoms with Gasteiger partial charge in [0.1, 0.15) is 0 Å². The molecular weight excluding hydrogens is 254 g/mol. The highest BCUT2D eigenvalue weighted by molar-refractivity contribution is 5.33. The van der Waals surface area contributed by atoms with Crippen molar-refractivity contribution >= 4 is 5.95 Å². The van der Waals surface area contributed by atoms with Crippen molar-refractivity contribution in [3.63, 3.8) is 0 Å². The van der Waals surface area contributed by atoms with Gasteiger partial charge in [0.05, 0.1) is 19.3 Å². The molecule has 0 aromatic carbocycles. The third-order valence-corrected chi connectivity index (χ3v) is 3.94. The zero-order valence-corrected chi connectivity index (χ0v) is 12.2. The molecule has 110 valence electrons. The van der Waals surface area contributed by atoms with Crippen LogP contribution in [-0.4, -0.2) is 49.0 Å². The first kappa shape index (κ1) is 13.8. The van der Waals surface area contributed by atoms with Crippen molar-refractivity contribution < 1.29 is 9.47 Å². The molecule has 3 heterocycles. The number of rotatable bonds is 4. The predicted molar refractivity (Wildman–Crippen MR) is 77.1 cm³/mol. The molecule has 0 spiro atoms. The maximum Gasteiger partial charge on any atom is 0.225 e. The Balaban J connectivity index is 1.77. The van der Waals surface area contributed by atoms with Crippen molar-refractivity contribution in [3.8, 4) is 0 Å². The Morgan fingerprint density at radius 3 is 2.70 bits per heavy atom. The van der Waals surface area contributed by atoms with E-state index in [1.165, 1.54) is 6.42 Å². The van der Waals surface area contributed by atoms with Crippen LogP contribution in [0.5, 0.6) is 0 Å². The van der Waals surface area contributed by atoms with E-state index < -0.39 is 0 Å². The van der Waals surface area contributed by atoms with Gasteiger partial charge in [-0.25, -0.2) is 9.97 Å². The molecule has 1 atom stereocenters. The molecule has 2 aliphatic rings. The first-order valence-electron chi connectivity index (χ1n) is 7.66. The maximum atomic E-state index is 5.72. The average Bonchev–Trinajstić information content (AvgIpc) is 3.00. The van der Waals surface area contributed by atoms with Gasteiger partial charge < -0.3 is 14.4 Å². The van der Waals surface area contributed by atoms with E-state index in [4.69, 9.17) is 14.5 Å². The lowest BCUT2D eigenvalue weighted by molar-refractivity contribution is 0.110. The normalized spacial score (nSPS) is 23.2. The van der Waals surface area contributed by atoms with Crippen LogP contribution in [0.2, 0.25) is 0 Å². The molecule has 5 heteroatoms. The molecule has 2 aliphatic heterocycles. The maximum absolute atomic E-state index is 5.72. The van der Waals surface area contributed by atoms with Crippen LogP contribution in [0.1, 0.15) is 31.2 Å². The number of hydrogen-bond acceptors (Lipinski definition) is 5. The summed E-state index contributed by atoms with van der Waals surface area (Å²) in [7, 11) is 0. The van der Waals surface area contributed by atoms with Gasteiger partial charge in [-0.15, -0.1) is 0 Å². The number of anilines is 1. The number of aromatic nitrogens is 2. The van der Waals surface area contributed by atoms with E-state index in [9.17, 15) is 0 Å². The van der Waals surface area contributed by atoms with E-state index in [1.54, 1.807) is 0 Å². The summed E-state index contributed by atoms with van der Waals surface area (Å²) in [5.41, 5.74) is 2.24. The Morgan fingerprint density at radius 1 is 1.20 bits per heavy atom. The van der Waals surface area contributed by atoms with Gasteiger partial charge >= 0.3 is 0 Å². The molecular formula is C15H23N3O2. The Hall–Kier alpha value is -1.20. The second-order valence-electron chi connectivity index (χ2n) is 5.44. The van der Waals surface area contributed by atoms with E-state index in [1.807, 2.05) is 0 Å². The molecule has 5 nitrogen and oxygen atoms in total. The lowest BCUT2D eigenvalue weighted by Gasteiger charge is -2.27. The second-order valence-corrected chi connectivity index (χ2v) is 5.44. The summed E-state index contributed by atoms with van der Waals surface area (Å²) >= 11 is 0. The second kappa shape index (κ2) is 6.50. The molecule has 1 aromatic rings. The Bertz CT molecular complexity index is 441. The third kappa shape index (κ3) is 3.27. The number of hydrogen-bond donors (Lipinski definition) is 0. The molecule has 3 rings (SSSR count). The number of nitrogens with zero attached hydrogens (tertiary/aromatic N) is 3. The molecule has 2 saturated heterocycles. The summed E-state index contributed by atoms with van der Waals surface area (Å²) in [6.45, 7) is 6.33. The van der Waals surface area contributed by atoms with Crippen LogP contribution in [-0.2, 0) is 22.3 Å². The standard InChI is InChI=1S/C15H23N3O2/c1-2-12-10-13(11-14-4-3-7-20-14)17-15(16-12)18-5-8-19-9-6-18/h10,14H,2-9,11H2,1H3. The van der Waals surface area contributed by atoms with Crippen LogP contribution < -0.4 is 4.90 Å². The zero-order chi connectivity index (χ0) is 13.8. The minimum absolute atomic E-state index is 0.340. The summed E-state index contributed by atoms with van der Waals surface area (Å²) in [4.78, 5) is 11.6. The molecule has 0 N–H and O–H groups in total. The zero-order valence-electron chi connectivity index (χ0n) is 12.2. The molecule has 20 heavy (non-hydrogen) atoms. The van der Waals surface area contributed by atoms with Crippen LogP contribution in [0.4, 0.5) is 5.95 Å². The van der Waals surface area contributed by atoms with Gasteiger partial charge in [-0.1, -0.05) is 6.92 Å². The van der Waals surface area contributed by atoms with Crippen LogP contribution in [0.3, 0.4) is 0 Å². The van der Waals surface area contributed by atoms with Crippen LogP contribution in [0.25, 0.3) is 0 Å². The predicted octanol–water partition coefficient (Wildman–Crippen LogP) is 1.60. The summed E-state index contributed by atoms with van der Waals surface area (Å²) in [6, 6.07) is 2.13. The highest BCUT2D eigenvalue weighted by Crippen LogP contribution is 2.19. The van der Waals surface area contributed by atoms with Gasteiger partial charge in [-0.2, -0.15) is 0 Å². The highest BCUT2D eigenvalue weighted by atomic mass is 16.5. The van der Waals surface area contributed by atoms with Crippen LogP contribution in [0.15, 0.2) is 6.07 Å². The molecule has 0 bridgehead atoms. The minimum atomic E-state index is 0.340. The number of aryl methyl sites for hydroxylation is 1. The van der Waals surface area contributed by atoms with Crippen molar-refractivity contribution in [2.45, 2.75) is 38.7 Å². The summed E-state index contributed by atoms with van der Waals surface area (Å²) in [5.74, 6) is 0.862. The monoisotopic (exact) mass is 277 g/mol. The van der Waals surface area contributed by atoms with E-state index in [0.717, 1.165) is 69.5 Å². The molecule has 0 aliphatic carbocycles. The fraction of sp³-hybridized carbons (Fsp3) is 0.733. The summed E-state index contributed by atoms with van der Waals surface area (Å²) in [6.07, 6.45) is 4.52. The lowest BCUT2D eigenvalue weighted by atomic mass is 10.1. The van der Waals surface area contributed by atoms with Crippen molar-refractivity contribution in [2.24, 2.45) is 0 Å². The molecule has 0 radical (unpaired) electrons. The van der Waals surface area contributed by atoms with Gasteiger partial charge in [0.2, 0.25) is 5.95 Å². The SMILES string of the molecule is CCc1cc(CC2CCCO2)nc(N2CCOCC2)n1. The third-order valence-electron chi connectivity index (χ3n) is 3.94. The Kier molecular flexibility index (Phi) is 4.47. The Labute approximate surface area is 120 Å². The highest BCUT2D eigenvalue weighted by Gasteiger charge is 2.19.